The lowest BCUT2D eigenvalue weighted by atomic mass is 10.1. The van der Waals surface area contributed by atoms with E-state index >= 15 is 0 Å². The number of halogens is 1. The highest BCUT2D eigenvalue weighted by molar-refractivity contribution is 6.32. The SMILES string of the molecule is COc1cc(NC(=O)N[C@H]2CCC[C@H]2N2CCC(OC)C2)cc(Cl)c1OC. The number of carbonyl (C=O) groups excluding carboxylic acids is 1. The fourth-order valence-corrected chi connectivity index (χ4v) is 4.41. The molecule has 150 valence electrons. The van der Waals surface area contributed by atoms with Gasteiger partial charge < -0.3 is 24.8 Å². The molecule has 0 bridgehead atoms. The third-order valence-electron chi connectivity index (χ3n) is 5.47. The average molecular weight is 398 g/mol. The van der Waals surface area contributed by atoms with Gasteiger partial charge in [0.1, 0.15) is 0 Å². The van der Waals surface area contributed by atoms with Gasteiger partial charge in [0.2, 0.25) is 0 Å². The molecule has 2 fully saturated rings. The van der Waals surface area contributed by atoms with Gasteiger partial charge in [-0.05, 0) is 31.7 Å². The summed E-state index contributed by atoms with van der Waals surface area (Å²) in [6.45, 7) is 1.96. The summed E-state index contributed by atoms with van der Waals surface area (Å²) in [5, 5.41) is 6.36. The van der Waals surface area contributed by atoms with Crippen molar-refractivity contribution in [2.45, 2.75) is 43.9 Å². The van der Waals surface area contributed by atoms with Crippen LogP contribution < -0.4 is 20.1 Å². The minimum atomic E-state index is -0.238. The second-order valence-electron chi connectivity index (χ2n) is 7.04. The molecule has 3 atom stereocenters. The number of hydrogen-bond donors (Lipinski definition) is 2. The molecular formula is C19H28ClN3O4. The Morgan fingerprint density at radius 3 is 2.67 bits per heavy atom. The zero-order chi connectivity index (χ0) is 19.4. The molecule has 1 unspecified atom stereocenters. The monoisotopic (exact) mass is 397 g/mol. The van der Waals surface area contributed by atoms with Gasteiger partial charge in [0.05, 0.1) is 25.3 Å². The van der Waals surface area contributed by atoms with E-state index < -0.39 is 0 Å². The number of carbonyl (C=O) groups is 1. The van der Waals surface area contributed by atoms with E-state index in [9.17, 15) is 4.79 Å². The maximum Gasteiger partial charge on any atom is 0.319 e. The van der Waals surface area contributed by atoms with Crippen molar-refractivity contribution in [1.82, 2.24) is 10.2 Å². The first-order valence-electron chi connectivity index (χ1n) is 9.31. The first kappa shape index (κ1) is 20.0. The Morgan fingerprint density at radius 2 is 2.00 bits per heavy atom. The Bertz CT molecular complexity index is 673. The maximum absolute atomic E-state index is 12.5. The van der Waals surface area contributed by atoms with E-state index in [1.807, 2.05) is 0 Å². The van der Waals surface area contributed by atoms with E-state index in [-0.39, 0.29) is 12.1 Å². The molecule has 1 heterocycles. The Kier molecular flexibility index (Phi) is 6.68. The summed E-state index contributed by atoms with van der Waals surface area (Å²) >= 11 is 6.21. The molecule has 0 radical (unpaired) electrons. The Morgan fingerprint density at radius 1 is 1.19 bits per heavy atom. The first-order valence-corrected chi connectivity index (χ1v) is 9.69. The van der Waals surface area contributed by atoms with Crippen LogP contribution in [0.4, 0.5) is 10.5 Å². The molecule has 0 spiro atoms. The van der Waals surface area contributed by atoms with Crippen LogP contribution in [0.5, 0.6) is 11.5 Å². The topological polar surface area (TPSA) is 72.1 Å². The van der Waals surface area contributed by atoms with Crippen LogP contribution in [0.15, 0.2) is 12.1 Å². The van der Waals surface area contributed by atoms with E-state index in [1.54, 1.807) is 19.2 Å². The highest BCUT2D eigenvalue weighted by atomic mass is 35.5. The van der Waals surface area contributed by atoms with Gasteiger partial charge in [-0.3, -0.25) is 4.90 Å². The van der Waals surface area contributed by atoms with Crippen LogP contribution >= 0.6 is 11.6 Å². The molecule has 1 aliphatic heterocycles. The number of amides is 2. The minimum Gasteiger partial charge on any atom is -0.493 e. The molecular weight excluding hydrogens is 370 g/mol. The number of benzene rings is 1. The van der Waals surface area contributed by atoms with Crippen LogP contribution in [0, 0.1) is 0 Å². The van der Waals surface area contributed by atoms with E-state index in [0.717, 1.165) is 38.8 Å². The Labute approximate surface area is 165 Å². The summed E-state index contributed by atoms with van der Waals surface area (Å²) in [6, 6.07) is 3.61. The van der Waals surface area contributed by atoms with Crippen molar-refractivity contribution in [2.24, 2.45) is 0 Å². The molecule has 1 aromatic carbocycles. The van der Waals surface area contributed by atoms with Gasteiger partial charge in [0, 0.05) is 44.0 Å². The highest BCUT2D eigenvalue weighted by Crippen LogP contribution is 2.37. The van der Waals surface area contributed by atoms with Crippen LogP contribution in [0.3, 0.4) is 0 Å². The molecule has 3 rings (SSSR count). The summed E-state index contributed by atoms with van der Waals surface area (Å²) in [7, 11) is 4.82. The van der Waals surface area contributed by atoms with Crippen molar-refractivity contribution in [3.8, 4) is 11.5 Å². The third-order valence-corrected chi connectivity index (χ3v) is 5.75. The number of hydrogen-bond acceptors (Lipinski definition) is 5. The van der Waals surface area contributed by atoms with Crippen molar-refractivity contribution in [2.75, 3.05) is 39.7 Å². The lowest BCUT2D eigenvalue weighted by molar-refractivity contribution is 0.0985. The van der Waals surface area contributed by atoms with Crippen molar-refractivity contribution in [3.05, 3.63) is 17.2 Å². The molecule has 1 aromatic rings. The average Bonchev–Trinajstić information content (AvgIpc) is 3.29. The van der Waals surface area contributed by atoms with Gasteiger partial charge in [-0.2, -0.15) is 0 Å². The number of nitrogens with zero attached hydrogens (tertiary/aromatic N) is 1. The van der Waals surface area contributed by atoms with Crippen LogP contribution in [-0.2, 0) is 4.74 Å². The fraction of sp³-hybridized carbons (Fsp3) is 0.632. The number of ether oxygens (including phenoxy) is 3. The van der Waals surface area contributed by atoms with Gasteiger partial charge in [-0.25, -0.2) is 4.79 Å². The van der Waals surface area contributed by atoms with Crippen molar-refractivity contribution < 1.29 is 19.0 Å². The number of methoxy groups -OCH3 is 3. The number of likely N-dealkylation sites (tertiary alicyclic amines) is 1. The van der Waals surface area contributed by atoms with Crippen molar-refractivity contribution >= 4 is 23.3 Å². The summed E-state index contributed by atoms with van der Waals surface area (Å²) in [6.07, 6.45) is 4.55. The quantitative estimate of drug-likeness (QED) is 0.771. The van der Waals surface area contributed by atoms with E-state index in [1.165, 1.54) is 14.2 Å². The predicted molar refractivity (Wildman–Crippen MR) is 105 cm³/mol. The second-order valence-corrected chi connectivity index (χ2v) is 7.45. The third kappa shape index (κ3) is 4.59. The molecule has 27 heavy (non-hydrogen) atoms. The smallest absolute Gasteiger partial charge is 0.319 e. The normalized spacial score (nSPS) is 25.4. The van der Waals surface area contributed by atoms with Crippen molar-refractivity contribution in [3.63, 3.8) is 0 Å². The summed E-state index contributed by atoms with van der Waals surface area (Å²) in [5.74, 6) is 0.921. The molecule has 8 heteroatoms. The van der Waals surface area contributed by atoms with Gasteiger partial charge in [0.15, 0.2) is 11.5 Å². The molecule has 1 saturated carbocycles. The van der Waals surface area contributed by atoms with Gasteiger partial charge >= 0.3 is 6.03 Å². The van der Waals surface area contributed by atoms with Crippen LogP contribution in [0.2, 0.25) is 5.02 Å². The molecule has 1 saturated heterocycles. The fourth-order valence-electron chi connectivity index (χ4n) is 4.12. The summed E-state index contributed by atoms with van der Waals surface area (Å²) in [5.41, 5.74) is 0.560. The van der Waals surface area contributed by atoms with Gasteiger partial charge in [-0.15, -0.1) is 0 Å². The first-order chi connectivity index (χ1) is 13.0. The largest absolute Gasteiger partial charge is 0.493 e. The van der Waals surface area contributed by atoms with Gasteiger partial charge in [0.25, 0.3) is 0 Å². The van der Waals surface area contributed by atoms with E-state index in [4.69, 9.17) is 25.8 Å². The standard InChI is InChI=1S/C19H28ClN3O4/c1-25-13-7-8-23(11-13)16-6-4-5-15(16)22-19(24)21-12-9-14(20)18(27-3)17(10-12)26-2/h9-10,13,15-16H,4-8,11H2,1-3H3,(H2,21,22,24)/t13?,15-,16+/m0/s1. The minimum absolute atomic E-state index is 0.135. The molecule has 7 nitrogen and oxygen atoms in total. The maximum atomic E-state index is 12.5. The Hall–Kier alpha value is -1.70. The summed E-state index contributed by atoms with van der Waals surface area (Å²) in [4.78, 5) is 15.0. The number of nitrogens with one attached hydrogen (secondary N) is 2. The summed E-state index contributed by atoms with van der Waals surface area (Å²) < 4.78 is 16.0. The number of urea groups is 1. The molecule has 0 aromatic heterocycles. The van der Waals surface area contributed by atoms with E-state index in [2.05, 4.69) is 15.5 Å². The van der Waals surface area contributed by atoms with Crippen molar-refractivity contribution in [1.29, 1.82) is 0 Å². The van der Waals surface area contributed by atoms with E-state index in [0.29, 0.717) is 34.4 Å². The highest BCUT2D eigenvalue weighted by Gasteiger charge is 2.36. The second kappa shape index (κ2) is 8.99. The van der Waals surface area contributed by atoms with Crippen LogP contribution in [0.1, 0.15) is 25.7 Å². The Balaban J connectivity index is 1.61. The molecule has 2 aliphatic rings. The van der Waals surface area contributed by atoms with Gasteiger partial charge in [-0.1, -0.05) is 11.6 Å². The predicted octanol–water partition coefficient (Wildman–Crippen LogP) is 3.12. The molecule has 1 aliphatic carbocycles. The molecule has 2 N–H and O–H groups in total. The number of rotatable bonds is 6. The lowest BCUT2D eigenvalue weighted by Gasteiger charge is -2.30. The van der Waals surface area contributed by atoms with Crippen LogP contribution in [-0.4, -0.2) is 63.5 Å². The molecule has 2 amide bonds. The van der Waals surface area contributed by atoms with Crippen LogP contribution in [0.25, 0.3) is 0 Å². The number of anilines is 1. The lowest BCUT2D eigenvalue weighted by Crippen LogP contribution is -2.49. The zero-order valence-corrected chi connectivity index (χ0v) is 16.8. The zero-order valence-electron chi connectivity index (χ0n) is 16.1.